The molecule has 2 aromatic heterocycles. The first-order valence-electron chi connectivity index (χ1n) is 12.0. The molecule has 4 aromatic rings. The van der Waals surface area contributed by atoms with Crippen LogP contribution in [0.5, 0.6) is 11.5 Å². The van der Waals surface area contributed by atoms with Crippen molar-refractivity contribution in [2.45, 2.75) is 39.7 Å². The van der Waals surface area contributed by atoms with Crippen LogP contribution < -0.4 is 19.8 Å². The lowest BCUT2D eigenvalue weighted by molar-refractivity contribution is 0.0970. The summed E-state index contributed by atoms with van der Waals surface area (Å²) in [4.78, 5) is 29.0. The fourth-order valence-corrected chi connectivity index (χ4v) is 5.49. The van der Waals surface area contributed by atoms with E-state index < -0.39 is 11.9 Å². The van der Waals surface area contributed by atoms with Crippen molar-refractivity contribution in [2.75, 3.05) is 18.6 Å². The molecule has 1 amide bonds. The summed E-state index contributed by atoms with van der Waals surface area (Å²) in [5, 5.41) is 10.1. The fraction of sp³-hybridized carbons (Fsp3) is 0.333. The molecule has 1 unspecified atom stereocenters. The zero-order valence-corrected chi connectivity index (χ0v) is 23.3. The number of halogens is 1. The maximum Gasteiger partial charge on any atom is 0.297 e. The summed E-state index contributed by atoms with van der Waals surface area (Å²) in [6.07, 6.45) is 1.59. The monoisotopic (exact) mass is 583 g/mol. The highest BCUT2D eigenvalue weighted by atomic mass is 79.9. The normalized spacial score (nSPS) is 15.0. The molecule has 10 heteroatoms. The van der Waals surface area contributed by atoms with Gasteiger partial charge in [-0.2, -0.15) is 0 Å². The second-order valence-corrected chi connectivity index (χ2v) is 11.1. The summed E-state index contributed by atoms with van der Waals surface area (Å²) in [5.41, 5.74) is 1.02. The summed E-state index contributed by atoms with van der Waals surface area (Å²) in [5.74, 6) is 1.20. The molecule has 192 valence electrons. The summed E-state index contributed by atoms with van der Waals surface area (Å²) in [7, 11) is 1.57. The van der Waals surface area contributed by atoms with Crippen LogP contribution in [0.3, 0.4) is 0 Å². The number of carbonyl (C=O) groups is 1. The molecule has 0 spiro atoms. The number of anilines is 1. The summed E-state index contributed by atoms with van der Waals surface area (Å²) >= 11 is 4.75. The van der Waals surface area contributed by atoms with E-state index in [0.29, 0.717) is 52.1 Å². The number of amides is 1. The lowest BCUT2D eigenvalue weighted by Crippen LogP contribution is -2.29. The van der Waals surface area contributed by atoms with Crippen LogP contribution >= 0.6 is 27.3 Å². The molecule has 0 aliphatic carbocycles. The standard InChI is InChI=1S/C27H26BrN3O5S/c1-5-21-29-30-27(37-21)31-23(15-6-8-19(20(12-15)34-4)35-11-10-14(2)3)22-24(32)17-13-16(28)7-9-18(17)36-25(22)26(31)33/h6-9,12-14,23H,5,10-11H2,1-4H3. The van der Waals surface area contributed by atoms with E-state index in [1.54, 1.807) is 31.4 Å². The van der Waals surface area contributed by atoms with Crippen LogP contribution in [0.2, 0.25) is 0 Å². The van der Waals surface area contributed by atoms with Gasteiger partial charge in [-0.25, -0.2) is 0 Å². The highest BCUT2D eigenvalue weighted by molar-refractivity contribution is 9.10. The molecule has 0 saturated heterocycles. The van der Waals surface area contributed by atoms with Gasteiger partial charge in [-0.3, -0.25) is 14.5 Å². The first-order chi connectivity index (χ1) is 17.8. The lowest BCUT2D eigenvalue weighted by atomic mass is 9.98. The number of rotatable bonds is 8. The average molecular weight is 584 g/mol. The highest BCUT2D eigenvalue weighted by Gasteiger charge is 2.45. The second kappa shape index (κ2) is 10.3. The molecular formula is C27H26BrN3O5S. The van der Waals surface area contributed by atoms with Gasteiger partial charge >= 0.3 is 0 Å². The van der Waals surface area contributed by atoms with Gasteiger partial charge in [0, 0.05) is 4.47 Å². The Labute approximate surface area is 226 Å². The largest absolute Gasteiger partial charge is 0.493 e. The molecule has 1 aliphatic rings. The number of ether oxygens (including phenoxy) is 2. The first kappa shape index (κ1) is 25.4. The number of carbonyl (C=O) groups excluding carboxylic acids is 1. The number of benzene rings is 2. The Morgan fingerprint density at radius 1 is 1.14 bits per heavy atom. The Kier molecular flexibility index (Phi) is 7.04. The molecular weight excluding hydrogens is 558 g/mol. The van der Waals surface area contributed by atoms with Crippen LogP contribution in [-0.4, -0.2) is 29.8 Å². The smallest absolute Gasteiger partial charge is 0.297 e. The third kappa shape index (κ3) is 4.64. The molecule has 0 radical (unpaired) electrons. The van der Waals surface area contributed by atoms with Crippen molar-refractivity contribution >= 4 is 49.3 Å². The fourth-order valence-electron chi connectivity index (χ4n) is 4.32. The predicted molar refractivity (Wildman–Crippen MR) is 146 cm³/mol. The molecule has 1 aliphatic heterocycles. The van der Waals surface area contributed by atoms with Crippen LogP contribution in [0, 0.1) is 5.92 Å². The molecule has 0 fully saturated rings. The zero-order chi connectivity index (χ0) is 26.3. The van der Waals surface area contributed by atoms with Crippen molar-refractivity contribution in [3.05, 3.63) is 73.0 Å². The molecule has 2 aromatic carbocycles. The van der Waals surface area contributed by atoms with E-state index in [-0.39, 0.29) is 16.8 Å². The third-order valence-corrected chi connectivity index (χ3v) is 7.81. The van der Waals surface area contributed by atoms with Crippen molar-refractivity contribution in [3.63, 3.8) is 0 Å². The van der Waals surface area contributed by atoms with Crippen molar-refractivity contribution in [3.8, 4) is 11.5 Å². The average Bonchev–Trinajstić information content (AvgIpc) is 3.47. The van der Waals surface area contributed by atoms with Gasteiger partial charge in [-0.15, -0.1) is 10.2 Å². The number of methoxy groups -OCH3 is 1. The van der Waals surface area contributed by atoms with E-state index in [4.69, 9.17) is 13.9 Å². The van der Waals surface area contributed by atoms with Gasteiger partial charge in [0.2, 0.25) is 10.9 Å². The summed E-state index contributed by atoms with van der Waals surface area (Å²) < 4.78 is 18.4. The molecule has 0 bridgehead atoms. The van der Waals surface area contributed by atoms with Crippen molar-refractivity contribution in [2.24, 2.45) is 5.92 Å². The summed E-state index contributed by atoms with van der Waals surface area (Å²) in [6, 6.07) is 9.85. The molecule has 8 nitrogen and oxygen atoms in total. The zero-order valence-electron chi connectivity index (χ0n) is 20.9. The first-order valence-corrected chi connectivity index (χ1v) is 13.7. The van der Waals surface area contributed by atoms with Crippen molar-refractivity contribution in [1.29, 1.82) is 0 Å². The van der Waals surface area contributed by atoms with E-state index in [2.05, 4.69) is 40.0 Å². The third-order valence-electron chi connectivity index (χ3n) is 6.25. The number of fused-ring (bicyclic) bond motifs is 2. The van der Waals surface area contributed by atoms with E-state index in [1.165, 1.54) is 16.2 Å². The number of hydrogen-bond acceptors (Lipinski definition) is 8. The van der Waals surface area contributed by atoms with Gasteiger partial charge in [0.15, 0.2) is 16.9 Å². The Bertz CT molecular complexity index is 1550. The van der Waals surface area contributed by atoms with Gasteiger partial charge in [-0.1, -0.05) is 54.1 Å². The van der Waals surface area contributed by atoms with E-state index in [1.807, 2.05) is 19.1 Å². The van der Waals surface area contributed by atoms with E-state index in [9.17, 15) is 9.59 Å². The highest BCUT2D eigenvalue weighted by Crippen LogP contribution is 2.44. The SMILES string of the molecule is CCc1nnc(N2C(=O)c3oc4ccc(Br)cc4c(=O)c3C2c2ccc(OCCC(C)C)c(OC)c2)s1. The quantitative estimate of drug-likeness (QED) is 0.245. The van der Waals surface area contributed by atoms with Crippen LogP contribution in [0.15, 0.2) is 50.1 Å². The molecule has 3 heterocycles. The molecule has 1 atom stereocenters. The Morgan fingerprint density at radius 3 is 2.65 bits per heavy atom. The summed E-state index contributed by atoms with van der Waals surface area (Å²) in [6.45, 7) is 6.80. The Morgan fingerprint density at radius 2 is 1.95 bits per heavy atom. The topological polar surface area (TPSA) is 94.8 Å². The minimum absolute atomic E-state index is 0.00861. The van der Waals surface area contributed by atoms with E-state index in [0.717, 1.165) is 15.9 Å². The Balaban J connectivity index is 1.68. The van der Waals surface area contributed by atoms with Gasteiger partial charge in [0.05, 0.1) is 30.7 Å². The van der Waals surface area contributed by atoms with Gasteiger partial charge in [0.25, 0.3) is 5.91 Å². The molecule has 0 saturated carbocycles. The van der Waals surface area contributed by atoms with E-state index >= 15 is 0 Å². The molecule has 5 rings (SSSR count). The number of nitrogens with zero attached hydrogens (tertiary/aromatic N) is 3. The van der Waals surface area contributed by atoms with Gasteiger partial charge in [-0.05, 0) is 54.7 Å². The Hall–Kier alpha value is -3.24. The molecule has 0 N–H and O–H groups in total. The van der Waals surface area contributed by atoms with Crippen LogP contribution in [0.25, 0.3) is 11.0 Å². The van der Waals surface area contributed by atoms with Crippen LogP contribution in [0.1, 0.15) is 59.9 Å². The number of aromatic nitrogens is 2. The van der Waals surface area contributed by atoms with Crippen LogP contribution in [-0.2, 0) is 6.42 Å². The lowest BCUT2D eigenvalue weighted by Gasteiger charge is -2.23. The minimum Gasteiger partial charge on any atom is -0.493 e. The van der Waals surface area contributed by atoms with Gasteiger partial charge in [0.1, 0.15) is 10.6 Å². The number of aryl methyl sites for hydroxylation is 1. The second-order valence-electron chi connectivity index (χ2n) is 9.17. The minimum atomic E-state index is -0.765. The maximum atomic E-state index is 13.8. The maximum absolute atomic E-state index is 13.8. The van der Waals surface area contributed by atoms with Gasteiger partial charge < -0.3 is 13.9 Å². The van der Waals surface area contributed by atoms with Crippen molar-refractivity contribution in [1.82, 2.24) is 10.2 Å². The number of hydrogen-bond donors (Lipinski definition) is 0. The molecule has 37 heavy (non-hydrogen) atoms. The van der Waals surface area contributed by atoms with Crippen molar-refractivity contribution < 1.29 is 18.7 Å². The van der Waals surface area contributed by atoms with Crippen LogP contribution in [0.4, 0.5) is 5.13 Å². The predicted octanol–water partition coefficient (Wildman–Crippen LogP) is 6.15.